The minimum absolute atomic E-state index is 0.412. The first-order chi connectivity index (χ1) is 13.1. The van der Waals surface area contributed by atoms with Crippen molar-refractivity contribution in [2.75, 3.05) is 5.48 Å². The topological polar surface area (TPSA) is 93.0 Å². The van der Waals surface area contributed by atoms with E-state index in [-0.39, 0.29) is 0 Å². The predicted molar refractivity (Wildman–Crippen MR) is 108 cm³/mol. The van der Waals surface area contributed by atoms with E-state index in [1.165, 1.54) is 12.4 Å². The van der Waals surface area contributed by atoms with Gasteiger partial charge >= 0.3 is 5.97 Å². The number of nitrogens with zero attached hydrogens (tertiary/aromatic N) is 3. The summed E-state index contributed by atoms with van der Waals surface area (Å²) < 4.78 is 0.802. The van der Waals surface area contributed by atoms with Gasteiger partial charge in [0.15, 0.2) is 0 Å². The van der Waals surface area contributed by atoms with Gasteiger partial charge in [0.2, 0.25) is 0 Å². The van der Waals surface area contributed by atoms with Crippen LogP contribution in [-0.2, 0) is 4.84 Å². The summed E-state index contributed by atoms with van der Waals surface area (Å²) in [6, 6.07) is 16.9. The second-order valence-electron chi connectivity index (χ2n) is 5.26. The van der Waals surface area contributed by atoms with Gasteiger partial charge in [-0.2, -0.15) is 0 Å². The summed E-state index contributed by atoms with van der Waals surface area (Å²) in [7, 11) is 0. The maximum absolute atomic E-state index is 12.1. The van der Waals surface area contributed by atoms with Crippen LogP contribution in [0.1, 0.15) is 20.7 Å². The van der Waals surface area contributed by atoms with E-state index in [4.69, 9.17) is 4.84 Å². The van der Waals surface area contributed by atoms with Gasteiger partial charge in [0, 0.05) is 21.5 Å². The number of hydrogen-bond acceptors (Lipinski definition) is 6. The normalized spacial score (nSPS) is 10.6. The van der Waals surface area contributed by atoms with Crippen LogP contribution in [0.25, 0.3) is 0 Å². The number of azo groups is 1. The second-order valence-corrected chi connectivity index (χ2v) is 6.42. The van der Waals surface area contributed by atoms with Crippen molar-refractivity contribution in [3.05, 3.63) is 87.8 Å². The van der Waals surface area contributed by atoms with Crippen molar-refractivity contribution in [1.29, 1.82) is 0 Å². The summed E-state index contributed by atoms with van der Waals surface area (Å²) in [6.45, 7) is 0. The Hall–Kier alpha value is -3.14. The number of anilines is 1. The molecule has 3 aromatic rings. The lowest BCUT2D eigenvalue weighted by molar-refractivity contribution is 0.0595. The number of aromatic nitrogens is 1. The molecule has 0 aliphatic heterocycles. The average molecular weight is 472 g/mol. The van der Waals surface area contributed by atoms with Crippen LogP contribution >= 0.6 is 22.6 Å². The van der Waals surface area contributed by atoms with Gasteiger partial charge in [-0.15, -0.1) is 10.2 Å². The van der Waals surface area contributed by atoms with Crippen molar-refractivity contribution >= 4 is 45.8 Å². The fourth-order valence-corrected chi connectivity index (χ4v) is 2.65. The zero-order valence-electron chi connectivity index (χ0n) is 13.9. The molecule has 0 aliphatic carbocycles. The van der Waals surface area contributed by atoms with Crippen LogP contribution in [0.15, 0.2) is 83.3 Å². The van der Waals surface area contributed by atoms with Gasteiger partial charge in [-0.3, -0.25) is 9.78 Å². The summed E-state index contributed by atoms with van der Waals surface area (Å²) in [5.74, 6) is -0.933. The highest BCUT2D eigenvalue weighted by Gasteiger charge is 2.11. The lowest BCUT2D eigenvalue weighted by Crippen LogP contribution is -2.11. The average Bonchev–Trinajstić information content (AvgIpc) is 2.72. The Kier molecular flexibility index (Phi) is 6.21. The third-order valence-corrected chi connectivity index (χ3v) is 4.35. The van der Waals surface area contributed by atoms with Crippen molar-refractivity contribution in [2.24, 2.45) is 10.2 Å². The van der Waals surface area contributed by atoms with Gasteiger partial charge in [-0.1, -0.05) is 12.1 Å². The van der Waals surface area contributed by atoms with Crippen molar-refractivity contribution in [2.45, 2.75) is 0 Å². The van der Waals surface area contributed by atoms with Crippen LogP contribution < -0.4 is 5.48 Å². The lowest BCUT2D eigenvalue weighted by Gasteiger charge is -2.07. The van der Waals surface area contributed by atoms with Gasteiger partial charge in [0.05, 0.1) is 16.9 Å². The second kappa shape index (κ2) is 8.99. The van der Waals surface area contributed by atoms with Gasteiger partial charge in [0.1, 0.15) is 0 Å². The molecule has 8 heteroatoms. The molecule has 1 heterocycles. The zero-order chi connectivity index (χ0) is 19.1. The van der Waals surface area contributed by atoms with Gasteiger partial charge in [-0.05, 0) is 71.1 Å². The maximum atomic E-state index is 12.1. The van der Waals surface area contributed by atoms with Crippen LogP contribution in [0.3, 0.4) is 0 Å². The zero-order valence-corrected chi connectivity index (χ0v) is 16.0. The van der Waals surface area contributed by atoms with Crippen LogP contribution in [0.2, 0.25) is 0 Å². The molecule has 1 amide bonds. The summed E-state index contributed by atoms with van der Waals surface area (Å²) in [5, 5.41) is 7.57. The number of carbonyl (C=O) groups excluding carboxylic acids is 2. The molecular weight excluding hydrogens is 459 g/mol. The van der Waals surface area contributed by atoms with E-state index < -0.39 is 11.9 Å². The minimum Gasteiger partial charge on any atom is -0.338 e. The Labute approximate surface area is 168 Å². The number of carbonyl (C=O) groups is 2. The Morgan fingerprint density at radius 2 is 1.67 bits per heavy atom. The molecule has 1 aromatic heterocycles. The molecule has 27 heavy (non-hydrogen) atoms. The highest BCUT2D eigenvalue weighted by molar-refractivity contribution is 14.1. The number of nitrogens with one attached hydrogen (secondary N) is 1. The molecule has 7 nitrogen and oxygen atoms in total. The van der Waals surface area contributed by atoms with Crippen molar-refractivity contribution in [3.63, 3.8) is 0 Å². The largest absolute Gasteiger partial charge is 0.363 e. The first-order valence-electron chi connectivity index (χ1n) is 7.81. The standard InChI is InChI=1S/C19H13IN4O3/c20-17-4-2-1-3-16(17)19(26)27-24-15-7-5-14(6-8-15)22-23-18(25)13-9-11-21-12-10-13/h1-12,24H. The Balaban J connectivity index is 1.57. The predicted octanol–water partition coefficient (Wildman–Crippen LogP) is 4.79. The molecule has 2 aromatic carbocycles. The number of amides is 1. The van der Waals surface area contributed by atoms with E-state index in [1.807, 2.05) is 12.1 Å². The molecule has 0 aliphatic rings. The van der Waals surface area contributed by atoms with Gasteiger partial charge < -0.3 is 4.84 Å². The Morgan fingerprint density at radius 3 is 2.37 bits per heavy atom. The molecule has 0 bridgehead atoms. The van der Waals surface area contributed by atoms with Crippen molar-refractivity contribution in [1.82, 2.24) is 4.98 Å². The van der Waals surface area contributed by atoms with Crippen LogP contribution in [0, 0.1) is 3.57 Å². The molecule has 1 N–H and O–H groups in total. The number of pyridine rings is 1. The molecule has 3 rings (SSSR count). The SMILES string of the molecule is O=C(N=Nc1ccc(NOC(=O)c2ccccc2I)cc1)c1ccncc1. The molecule has 0 atom stereocenters. The molecule has 0 saturated heterocycles. The first kappa shape index (κ1) is 18.6. The maximum Gasteiger partial charge on any atom is 0.363 e. The molecule has 0 fully saturated rings. The van der Waals surface area contributed by atoms with Gasteiger partial charge in [0.25, 0.3) is 5.91 Å². The van der Waals surface area contributed by atoms with E-state index in [1.54, 1.807) is 48.5 Å². The Morgan fingerprint density at radius 1 is 0.963 bits per heavy atom. The summed E-state index contributed by atoms with van der Waals surface area (Å²) in [4.78, 5) is 32.8. The number of rotatable bonds is 5. The molecule has 0 saturated carbocycles. The van der Waals surface area contributed by atoms with E-state index in [2.05, 4.69) is 43.3 Å². The Bertz CT molecular complexity index is 976. The highest BCUT2D eigenvalue weighted by atomic mass is 127. The lowest BCUT2D eigenvalue weighted by atomic mass is 10.2. The summed E-state index contributed by atoms with van der Waals surface area (Å²) in [5.41, 5.74) is 4.53. The van der Waals surface area contributed by atoms with E-state index in [0.29, 0.717) is 22.5 Å². The molecule has 0 spiro atoms. The number of benzene rings is 2. The molecular formula is C19H13IN4O3. The van der Waals surface area contributed by atoms with Crippen molar-refractivity contribution < 1.29 is 14.4 Å². The van der Waals surface area contributed by atoms with Crippen LogP contribution in [0.5, 0.6) is 0 Å². The third kappa shape index (κ3) is 5.17. The smallest absolute Gasteiger partial charge is 0.338 e. The summed E-state index contributed by atoms with van der Waals surface area (Å²) in [6.07, 6.45) is 3.03. The summed E-state index contributed by atoms with van der Waals surface area (Å²) >= 11 is 2.07. The number of hydrogen-bond donors (Lipinski definition) is 1. The van der Waals surface area contributed by atoms with Crippen molar-refractivity contribution in [3.8, 4) is 0 Å². The highest BCUT2D eigenvalue weighted by Crippen LogP contribution is 2.18. The van der Waals surface area contributed by atoms with Crippen LogP contribution in [0.4, 0.5) is 11.4 Å². The molecule has 134 valence electrons. The fraction of sp³-hybridized carbons (Fsp3) is 0. The fourth-order valence-electron chi connectivity index (χ4n) is 2.04. The number of halogens is 1. The monoisotopic (exact) mass is 472 g/mol. The van der Waals surface area contributed by atoms with Gasteiger partial charge in [-0.25, -0.2) is 10.3 Å². The quantitative estimate of drug-likeness (QED) is 0.328. The third-order valence-electron chi connectivity index (χ3n) is 3.41. The van der Waals surface area contributed by atoms with E-state index in [0.717, 1.165) is 3.57 Å². The van der Waals surface area contributed by atoms with Crippen LogP contribution in [-0.4, -0.2) is 16.9 Å². The van der Waals surface area contributed by atoms with E-state index >= 15 is 0 Å². The first-order valence-corrected chi connectivity index (χ1v) is 8.89. The van der Waals surface area contributed by atoms with E-state index in [9.17, 15) is 9.59 Å². The molecule has 0 radical (unpaired) electrons. The minimum atomic E-state index is -0.480. The molecule has 0 unspecified atom stereocenters.